The number of aromatic nitrogens is 2. The van der Waals surface area contributed by atoms with E-state index in [1.165, 1.54) is 6.21 Å². The number of H-pyrrole nitrogens is 1. The summed E-state index contributed by atoms with van der Waals surface area (Å²) in [7, 11) is 1.58. The summed E-state index contributed by atoms with van der Waals surface area (Å²) < 4.78 is 11.2. The topological polar surface area (TPSA) is 109 Å². The Labute approximate surface area is 190 Å². The summed E-state index contributed by atoms with van der Waals surface area (Å²) in [6, 6.07) is 17.5. The zero-order valence-corrected chi connectivity index (χ0v) is 18.3. The molecule has 0 aliphatic heterocycles. The third-order valence-electron chi connectivity index (χ3n) is 4.95. The van der Waals surface area contributed by atoms with Gasteiger partial charge in [0.25, 0.3) is 5.91 Å². The second-order valence-electron chi connectivity index (χ2n) is 7.26. The Bertz CT molecular complexity index is 1310. The number of ether oxygens (including phenoxy) is 2. The highest BCUT2D eigenvalue weighted by Gasteiger charge is 2.12. The van der Waals surface area contributed by atoms with Gasteiger partial charge in [-0.15, -0.1) is 0 Å². The monoisotopic (exact) mass is 444 g/mol. The van der Waals surface area contributed by atoms with Gasteiger partial charge >= 0.3 is 0 Å². The number of amides is 1. The maximum absolute atomic E-state index is 12.6. The van der Waals surface area contributed by atoms with Gasteiger partial charge in [-0.3, -0.25) is 4.79 Å². The number of rotatable bonds is 8. The molecule has 0 fully saturated rings. The molecule has 168 valence electrons. The Kier molecular flexibility index (Phi) is 6.54. The second kappa shape index (κ2) is 9.86. The standard InChI is InChI=1S/C25H24N4O4/c1-3-13-33-23-17(7-6-10-22(23)32-2)15-26-29-25(31)16-11-12-19-20(14-16)28-24(27-19)18-8-4-5-9-21(18)30/h4-12,14-15,30H,3,13H2,1-2H3,(H,27,28)(H,29,31)/b26-15+. The fraction of sp³-hybridized carbons (Fsp3) is 0.160. The molecule has 0 bridgehead atoms. The van der Waals surface area contributed by atoms with Crippen molar-refractivity contribution >= 4 is 23.2 Å². The number of hydrogen-bond acceptors (Lipinski definition) is 6. The molecule has 0 spiro atoms. The third-order valence-corrected chi connectivity index (χ3v) is 4.95. The average molecular weight is 444 g/mol. The molecule has 8 nitrogen and oxygen atoms in total. The number of hydrogen-bond donors (Lipinski definition) is 3. The molecule has 0 atom stereocenters. The fourth-order valence-electron chi connectivity index (χ4n) is 3.33. The lowest BCUT2D eigenvalue weighted by Gasteiger charge is -2.12. The molecule has 3 N–H and O–H groups in total. The molecular formula is C25H24N4O4. The van der Waals surface area contributed by atoms with Crippen LogP contribution < -0.4 is 14.9 Å². The first-order valence-electron chi connectivity index (χ1n) is 10.5. The smallest absolute Gasteiger partial charge is 0.271 e. The summed E-state index contributed by atoms with van der Waals surface area (Å²) in [6.07, 6.45) is 2.38. The number of methoxy groups -OCH3 is 1. The summed E-state index contributed by atoms with van der Waals surface area (Å²) in [6.45, 7) is 2.56. The normalized spacial score (nSPS) is 11.1. The van der Waals surface area contributed by atoms with Crippen molar-refractivity contribution in [2.75, 3.05) is 13.7 Å². The number of aromatic hydroxyl groups is 1. The van der Waals surface area contributed by atoms with Crippen molar-refractivity contribution in [3.05, 3.63) is 71.8 Å². The number of hydrazone groups is 1. The molecule has 4 aromatic rings. The van der Waals surface area contributed by atoms with E-state index in [4.69, 9.17) is 9.47 Å². The minimum Gasteiger partial charge on any atom is -0.507 e. The van der Waals surface area contributed by atoms with E-state index < -0.39 is 0 Å². The van der Waals surface area contributed by atoms with Gasteiger partial charge in [-0.05, 0) is 48.9 Å². The SMILES string of the molecule is CCCOc1c(/C=N/NC(=O)c2ccc3nc(-c4ccccc4O)[nH]c3c2)cccc1OC. The third kappa shape index (κ3) is 4.79. The van der Waals surface area contributed by atoms with Crippen LogP contribution in [0.2, 0.25) is 0 Å². The average Bonchev–Trinajstić information content (AvgIpc) is 3.26. The Hall–Kier alpha value is -4.33. The van der Waals surface area contributed by atoms with Crippen LogP contribution >= 0.6 is 0 Å². The first-order chi connectivity index (χ1) is 16.1. The van der Waals surface area contributed by atoms with E-state index in [2.05, 4.69) is 20.5 Å². The predicted octanol–water partition coefficient (Wildman–Crippen LogP) is 4.50. The van der Waals surface area contributed by atoms with Crippen molar-refractivity contribution in [1.29, 1.82) is 0 Å². The number of phenolic OH excluding ortho intramolecular Hbond substituents is 1. The van der Waals surface area contributed by atoms with Gasteiger partial charge < -0.3 is 19.6 Å². The number of carbonyl (C=O) groups is 1. The molecule has 33 heavy (non-hydrogen) atoms. The van der Waals surface area contributed by atoms with E-state index in [0.717, 1.165) is 6.42 Å². The molecule has 0 aliphatic carbocycles. The van der Waals surface area contributed by atoms with Crippen LogP contribution in [-0.2, 0) is 0 Å². The van der Waals surface area contributed by atoms with Gasteiger partial charge in [0.2, 0.25) is 0 Å². The number of nitrogens with one attached hydrogen (secondary N) is 2. The number of phenols is 1. The van der Waals surface area contributed by atoms with Crippen molar-refractivity contribution < 1.29 is 19.4 Å². The highest BCUT2D eigenvalue weighted by Crippen LogP contribution is 2.30. The molecule has 3 aromatic carbocycles. The number of imidazole rings is 1. The first-order valence-corrected chi connectivity index (χ1v) is 10.5. The van der Waals surface area contributed by atoms with Crippen LogP contribution in [0.3, 0.4) is 0 Å². The van der Waals surface area contributed by atoms with Crippen LogP contribution in [0.4, 0.5) is 0 Å². The van der Waals surface area contributed by atoms with E-state index in [1.807, 2.05) is 31.2 Å². The Balaban J connectivity index is 1.52. The summed E-state index contributed by atoms with van der Waals surface area (Å²) in [5, 5.41) is 14.2. The molecular weight excluding hydrogens is 420 g/mol. The number of fused-ring (bicyclic) bond motifs is 1. The van der Waals surface area contributed by atoms with E-state index >= 15 is 0 Å². The van der Waals surface area contributed by atoms with E-state index in [9.17, 15) is 9.90 Å². The van der Waals surface area contributed by atoms with Crippen LogP contribution in [-0.4, -0.2) is 40.9 Å². The molecule has 1 heterocycles. The van der Waals surface area contributed by atoms with Gasteiger partial charge in [-0.25, -0.2) is 10.4 Å². The second-order valence-corrected chi connectivity index (χ2v) is 7.26. The largest absolute Gasteiger partial charge is 0.507 e. The highest BCUT2D eigenvalue weighted by molar-refractivity contribution is 5.98. The first kappa shape index (κ1) is 21.9. The van der Waals surface area contributed by atoms with Crippen LogP contribution in [0.5, 0.6) is 17.2 Å². The van der Waals surface area contributed by atoms with Crippen molar-refractivity contribution in [2.24, 2.45) is 5.10 Å². The fourth-order valence-corrected chi connectivity index (χ4v) is 3.33. The minimum atomic E-state index is -0.370. The summed E-state index contributed by atoms with van der Waals surface area (Å²) in [5.41, 5.74) is 5.59. The van der Waals surface area contributed by atoms with Crippen LogP contribution in [0.15, 0.2) is 65.8 Å². The number of para-hydroxylation sites is 2. The molecule has 4 rings (SSSR count). The van der Waals surface area contributed by atoms with Gasteiger partial charge in [0.1, 0.15) is 11.6 Å². The van der Waals surface area contributed by atoms with E-state index in [-0.39, 0.29) is 11.7 Å². The van der Waals surface area contributed by atoms with Crippen LogP contribution in [0, 0.1) is 0 Å². The van der Waals surface area contributed by atoms with E-state index in [0.29, 0.717) is 51.7 Å². The van der Waals surface area contributed by atoms with Gasteiger partial charge in [0.05, 0.1) is 36.5 Å². The Morgan fingerprint density at radius 1 is 1.18 bits per heavy atom. The summed E-state index contributed by atoms with van der Waals surface area (Å²) in [4.78, 5) is 20.3. The molecule has 0 saturated carbocycles. The molecule has 0 aliphatic rings. The Morgan fingerprint density at radius 2 is 2.03 bits per heavy atom. The zero-order valence-electron chi connectivity index (χ0n) is 18.3. The molecule has 0 radical (unpaired) electrons. The number of aromatic amines is 1. The summed E-state index contributed by atoms with van der Waals surface area (Å²) in [5.74, 6) is 1.46. The molecule has 8 heteroatoms. The lowest BCUT2D eigenvalue weighted by atomic mass is 10.2. The van der Waals surface area contributed by atoms with Crippen molar-refractivity contribution in [3.8, 4) is 28.6 Å². The van der Waals surface area contributed by atoms with Gasteiger partial charge in [0.15, 0.2) is 11.5 Å². The lowest BCUT2D eigenvalue weighted by Crippen LogP contribution is -2.17. The number of carbonyl (C=O) groups excluding carboxylic acids is 1. The molecule has 1 aromatic heterocycles. The predicted molar refractivity (Wildman–Crippen MR) is 127 cm³/mol. The van der Waals surface area contributed by atoms with Crippen molar-refractivity contribution in [2.45, 2.75) is 13.3 Å². The van der Waals surface area contributed by atoms with Crippen molar-refractivity contribution in [1.82, 2.24) is 15.4 Å². The van der Waals surface area contributed by atoms with Gasteiger partial charge in [0, 0.05) is 11.1 Å². The van der Waals surface area contributed by atoms with Crippen molar-refractivity contribution in [3.63, 3.8) is 0 Å². The van der Waals surface area contributed by atoms with Gasteiger partial charge in [-0.1, -0.05) is 25.1 Å². The quantitative estimate of drug-likeness (QED) is 0.274. The molecule has 1 amide bonds. The van der Waals surface area contributed by atoms with Crippen LogP contribution in [0.1, 0.15) is 29.3 Å². The maximum atomic E-state index is 12.6. The van der Waals surface area contributed by atoms with E-state index in [1.54, 1.807) is 43.5 Å². The lowest BCUT2D eigenvalue weighted by molar-refractivity contribution is 0.0955. The van der Waals surface area contributed by atoms with Crippen LogP contribution in [0.25, 0.3) is 22.4 Å². The highest BCUT2D eigenvalue weighted by atomic mass is 16.5. The zero-order chi connectivity index (χ0) is 23.2. The van der Waals surface area contributed by atoms with Gasteiger partial charge in [-0.2, -0.15) is 5.10 Å². The molecule has 0 saturated heterocycles. The minimum absolute atomic E-state index is 0.128. The molecule has 0 unspecified atom stereocenters. The number of nitrogens with zero attached hydrogens (tertiary/aromatic N) is 2. The summed E-state index contributed by atoms with van der Waals surface area (Å²) >= 11 is 0. The number of benzene rings is 3. The maximum Gasteiger partial charge on any atom is 0.271 e. The Morgan fingerprint density at radius 3 is 2.82 bits per heavy atom.